The molecule has 14 atom stereocenters. The molecule has 396 valence electrons. The highest BCUT2D eigenvalue weighted by molar-refractivity contribution is 5.89. The Balaban J connectivity index is 1.13. The second kappa shape index (κ2) is 20.7. The van der Waals surface area contributed by atoms with Crippen LogP contribution in [0.15, 0.2) is 84.5 Å². The predicted octanol–water partition coefficient (Wildman–Crippen LogP) is 7.18. The van der Waals surface area contributed by atoms with Crippen molar-refractivity contribution in [2.45, 2.75) is 144 Å². The maximum atomic E-state index is 15.8. The number of ketones is 1. The lowest BCUT2D eigenvalue weighted by molar-refractivity contribution is -0.239. The van der Waals surface area contributed by atoms with E-state index in [1.165, 1.54) is 20.1 Å². The van der Waals surface area contributed by atoms with E-state index in [0.717, 1.165) is 43.2 Å². The smallest absolute Gasteiger partial charge is 0.334 e. The van der Waals surface area contributed by atoms with E-state index < -0.39 is 65.1 Å². The van der Waals surface area contributed by atoms with E-state index in [1.807, 2.05) is 36.4 Å². The van der Waals surface area contributed by atoms with Crippen LogP contribution in [0.4, 0.5) is 5.69 Å². The summed E-state index contributed by atoms with van der Waals surface area (Å²) in [6, 6.07) is 15.1. The number of carbonyl (C=O) groups is 3. The lowest BCUT2D eigenvalue weighted by Crippen LogP contribution is -2.70. The van der Waals surface area contributed by atoms with Crippen molar-refractivity contribution in [1.82, 2.24) is 0 Å². The van der Waals surface area contributed by atoms with Crippen LogP contribution in [-0.4, -0.2) is 98.1 Å². The van der Waals surface area contributed by atoms with Crippen molar-refractivity contribution in [2.24, 2.45) is 41.4 Å². The summed E-state index contributed by atoms with van der Waals surface area (Å²) in [5, 5.41) is 75.3. The number of ether oxygens (including phenoxy) is 3. The molecule has 3 fully saturated rings. The van der Waals surface area contributed by atoms with E-state index in [2.05, 4.69) is 41.5 Å². The zero-order chi connectivity index (χ0) is 52.3. The Morgan fingerprint density at radius 3 is 2.48 bits per heavy atom. The molecule has 3 saturated carbocycles. The molecule has 8 aliphatic rings. The number of carbonyl (C=O) groups excluding carboxylic acids is 3. The fraction of sp³-hybridized carbons (Fsp3) is 0.532. The number of phenols is 1. The molecule has 0 amide bonds. The number of Topliss-reactive ketones (excluding diaryl/α,β-unsaturated/α-hetero) is 1. The van der Waals surface area contributed by atoms with Gasteiger partial charge in [-0.3, -0.25) is 9.59 Å². The first-order chi connectivity index (χ1) is 36.1. The van der Waals surface area contributed by atoms with Crippen LogP contribution in [0.2, 0.25) is 0 Å². The van der Waals surface area contributed by atoms with Crippen LogP contribution in [0.1, 0.15) is 128 Å². The van der Waals surface area contributed by atoms with E-state index in [1.54, 1.807) is 12.1 Å². The summed E-state index contributed by atoms with van der Waals surface area (Å²) in [4.78, 5) is 44.2. The molecule has 5 aliphatic carbocycles. The number of allylic oxidation sites excluding steroid dienone is 4. The molecule has 0 radical (unpaired) electrons. The van der Waals surface area contributed by atoms with Gasteiger partial charge in [0.15, 0.2) is 0 Å². The number of hydrogen-bond acceptors (Lipinski definition) is 13. The van der Waals surface area contributed by atoms with E-state index >= 15 is 4.79 Å². The van der Waals surface area contributed by atoms with Gasteiger partial charge in [0.2, 0.25) is 0 Å². The monoisotopic (exact) mass is 1020 g/mol. The number of benzene rings is 3. The standard InChI is InChI=1S/C62H71NO12/c1-61(71,52(67)32-73-2)33-63-44-21-36(31-64)20-41(25-44)38-15-16-39-30-54(68)75-59-48(39)27-42(58(69)55(59)37-11-4-3-5-12-37)29-53-62(72)50-14-7-6-13-46(50)47-18-17-40-28-51(66)49(56(47)57(40)62)23-35-10-8-9-34(19-35)22-45(65)26-43(24-38)60(70)74-53/h6,8-10,13,17-21,25-27,37-40,45-47,49-50,52-53,56-57,63-65,67,69,71-72H,3-5,7,11-12,14,22-24,28-33H2,1-2H3. The number of rotatable bonds is 9. The summed E-state index contributed by atoms with van der Waals surface area (Å²) in [5.41, 5.74) is 1.73. The number of phenolic OH excluding ortho intramolecular Hbond substituents is 1. The number of methoxy groups -OCH3 is 1. The summed E-state index contributed by atoms with van der Waals surface area (Å²) in [7, 11) is 1.43. The van der Waals surface area contributed by atoms with Crippen LogP contribution in [0.5, 0.6) is 11.5 Å². The third-order valence-electron chi connectivity index (χ3n) is 18.5. The van der Waals surface area contributed by atoms with Gasteiger partial charge >= 0.3 is 11.9 Å². The Hall–Kier alpha value is -5.59. The summed E-state index contributed by atoms with van der Waals surface area (Å²) in [5.74, 6) is 2.24. The van der Waals surface area contributed by atoms with Crippen molar-refractivity contribution in [3.63, 3.8) is 0 Å². The fourth-order valence-corrected chi connectivity index (χ4v) is 14.9. The Morgan fingerprint density at radius 2 is 1.69 bits per heavy atom. The van der Waals surface area contributed by atoms with Crippen LogP contribution >= 0.6 is 0 Å². The summed E-state index contributed by atoms with van der Waals surface area (Å²) < 4.78 is 18.3. The molecule has 0 spiro atoms. The largest absolute Gasteiger partial charge is 0.507 e. The molecule has 13 heteroatoms. The average molecular weight is 1020 g/mol. The number of fused-ring (bicyclic) bond motifs is 10. The molecule has 13 nitrogen and oxygen atoms in total. The Kier molecular flexibility index (Phi) is 14.2. The molecule has 3 aromatic rings. The van der Waals surface area contributed by atoms with Crippen molar-refractivity contribution in [2.75, 3.05) is 25.6 Å². The van der Waals surface area contributed by atoms with E-state index in [4.69, 9.17) is 14.2 Å². The molecule has 12 bridgehead atoms. The Morgan fingerprint density at radius 1 is 0.907 bits per heavy atom. The van der Waals surface area contributed by atoms with E-state index in [0.29, 0.717) is 58.5 Å². The van der Waals surface area contributed by atoms with Gasteiger partial charge in [-0.25, -0.2) is 4.79 Å². The SMILES string of the molecule is COCC(O)C(C)(O)CNc1cc(CO)cc(C2C#CC3CC(=O)Oc4c3cc(c(O)c4C3CCCCC3)CC3OC(=O)C(=CC(O)Cc4cccc(c4)CC4C(=O)CC5C=CC6C7C=CCCC7C3(O)C5C46)C2)c1. The Labute approximate surface area is 439 Å². The third kappa shape index (κ3) is 9.69. The van der Waals surface area contributed by atoms with Gasteiger partial charge in [-0.1, -0.05) is 85.7 Å². The topological polar surface area (TPSA) is 212 Å². The van der Waals surface area contributed by atoms with Crippen molar-refractivity contribution >= 4 is 23.4 Å². The fourth-order valence-electron chi connectivity index (χ4n) is 14.9. The number of nitrogens with one attached hydrogen (secondary N) is 1. The first kappa shape index (κ1) is 51.5. The van der Waals surface area contributed by atoms with E-state index in [9.17, 15) is 40.2 Å². The van der Waals surface area contributed by atoms with Gasteiger partial charge in [0.05, 0.1) is 31.7 Å². The number of hydrogen-bond donors (Lipinski definition) is 7. The second-order valence-corrected chi connectivity index (χ2v) is 23.3. The molecule has 0 saturated heterocycles. The molecule has 3 aromatic carbocycles. The molecular formula is C62H71NO12. The van der Waals surface area contributed by atoms with Gasteiger partial charge in [-0.2, -0.15) is 0 Å². The van der Waals surface area contributed by atoms with Crippen molar-refractivity contribution in [3.8, 4) is 23.3 Å². The second-order valence-electron chi connectivity index (χ2n) is 23.3. The lowest BCUT2D eigenvalue weighted by Gasteiger charge is -2.64. The van der Waals surface area contributed by atoms with Gasteiger partial charge < -0.3 is 50.2 Å². The third-order valence-corrected chi connectivity index (χ3v) is 18.5. The molecule has 7 N–H and O–H groups in total. The molecular weight excluding hydrogens is 951 g/mol. The summed E-state index contributed by atoms with van der Waals surface area (Å²) in [6.07, 6.45) is 12.9. The van der Waals surface area contributed by atoms with Crippen LogP contribution in [0.3, 0.4) is 0 Å². The zero-order valence-corrected chi connectivity index (χ0v) is 43.0. The van der Waals surface area contributed by atoms with Crippen LogP contribution in [-0.2, 0) is 49.7 Å². The van der Waals surface area contributed by atoms with Gasteiger partial charge in [0.25, 0.3) is 0 Å². The molecule has 3 aliphatic heterocycles. The number of aromatic hydroxyl groups is 1. The first-order valence-corrected chi connectivity index (χ1v) is 27.4. The highest BCUT2D eigenvalue weighted by Gasteiger charge is 2.67. The highest BCUT2D eigenvalue weighted by Crippen LogP contribution is 2.64. The number of anilines is 1. The zero-order valence-electron chi connectivity index (χ0n) is 43.0. The molecule has 11 rings (SSSR count). The van der Waals surface area contributed by atoms with Crippen LogP contribution in [0.25, 0.3) is 0 Å². The average Bonchev–Trinajstić information content (AvgIpc) is 3.42. The minimum absolute atomic E-state index is 0.0454. The van der Waals surface area contributed by atoms with Gasteiger partial charge in [-0.05, 0) is 133 Å². The van der Waals surface area contributed by atoms with E-state index in [-0.39, 0.29) is 104 Å². The molecule has 14 unspecified atom stereocenters. The van der Waals surface area contributed by atoms with Crippen LogP contribution < -0.4 is 10.1 Å². The van der Waals surface area contributed by atoms with Gasteiger partial charge in [0.1, 0.15) is 40.7 Å². The van der Waals surface area contributed by atoms with Crippen LogP contribution in [0, 0.1) is 53.3 Å². The first-order valence-electron chi connectivity index (χ1n) is 27.4. The number of esters is 2. The van der Waals surface area contributed by atoms with Gasteiger partial charge in [-0.15, -0.1) is 0 Å². The maximum Gasteiger partial charge on any atom is 0.334 e. The lowest BCUT2D eigenvalue weighted by atomic mass is 9.42. The summed E-state index contributed by atoms with van der Waals surface area (Å²) >= 11 is 0. The number of aliphatic hydroxyl groups is 5. The minimum atomic E-state index is -1.71. The minimum Gasteiger partial charge on any atom is -0.507 e. The maximum absolute atomic E-state index is 15.8. The van der Waals surface area contributed by atoms with Crippen molar-refractivity contribution in [3.05, 3.63) is 123 Å². The van der Waals surface area contributed by atoms with Crippen molar-refractivity contribution in [1.29, 1.82) is 0 Å². The quantitative estimate of drug-likeness (QED) is 0.0491. The normalized spacial score (nSPS) is 33.3. The number of aliphatic hydroxyl groups excluding tert-OH is 3. The summed E-state index contributed by atoms with van der Waals surface area (Å²) in [6.45, 7) is 0.926. The highest BCUT2D eigenvalue weighted by atomic mass is 16.6. The predicted molar refractivity (Wildman–Crippen MR) is 279 cm³/mol. The van der Waals surface area contributed by atoms with Crippen molar-refractivity contribution < 1.29 is 59.2 Å². The molecule has 3 heterocycles. The molecule has 75 heavy (non-hydrogen) atoms. The molecule has 0 aromatic heterocycles. The van der Waals surface area contributed by atoms with Gasteiger partial charge in [0, 0.05) is 73.1 Å². The Bertz CT molecular complexity index is 2880.